The summed E-state index contributed by atoms with van der Waals surface area (Å²) in [7, 11) is 0. The van der Waals surface area contributed by atoms with E-state index in [-0.39, 0.29) is 6.23 Å². The molecule has 0 spiro atoms. The van der Waals surface area contributed by atoms with Crippen LogP contribution in [0.15, 0.2) is 30.4 Å². The SMILES string of the molecule is Cc1ccncc1OCC1=COC(C)N1. The molecular formula is C11H14N2O2. The molecule has 1 unspecified atom stereocenters. The summed E-state index contributed by atoms with van der Waals surface area (Å²) in [5, 5.41) is 3.14. The number of hydrogen-bond donors (Lipinski definition) is 1. The molecule has 4 nitrogen and oxygen atoms in total. The monoisotopic (exact) mass is 206 g/mol. The van der Waals surface area contributed by atoms with Crippen LogP contribution in [0.2, 0.25) is 0 Å². The first-order valence-electron chi connectivity index (χ1n) is 4.90. The van der Waals surface area contributed by atoms with Crippen molar-refractivity contribution in [2.75, 3.05) is 6.61 Å². The Morgan fingerprint density at radius 1 is 1.60 bits per heavy atom. The minimum absolute atomic E-state index is 0.0404. The van der Waals surface area contributed by atoms with Crippen molar-refractivity contribution in [3.8, 4) is 5.75 Å². The predicted molar refractivity (Wildman–Crippen MR) is 56.2 cm³/mol. The van der Waals surface area contributed by atoms with Crippen molar-refractivity contribution >= 4 is 0 Å². The van der Waals surface area contributed by atoms with Crippen molar-refractivity contribution in [1.29, 1.82) is 0 Å². The van der Waals surface area contributed by atoms with Crippen molar-refractivity contribution in [2.45, 2.75) is 20.1 Å². The third kappa shape index (κ3) is 2.40. The molecule has 0 amide bonds. The molecule has 0 saturated carbocycles. The van der Waals surface area contributed by atoms with E-state index in [4.69, 9.17) is 9.47 Å². The number of rotatable bonds is 3. The van der Waals surface area contributed by atoms with Crippen LogP contribution < -0.4 is 10.1 Å². The fraction of sp³-hybridized carbons (Fsp3) is 0.364. The maximum absolute atomic E-state index is 5.60. The van der Waals surface area contributed by atoms with Crippen LogP contribution in [0.4, 0.5) is 0 Å². The van der Waals surface area contributed by atoms with Crippen molar-refractivity contribution in [3.05, 3.63) is 36.0 Å². The van der Waals surface area contributed by atoms with E-state index < -0.39 is 0 Å². The lowest BCUT2D eigenvalue weighted by Crippen LogP contribution is -2.22. The summed E-state index contributed by atoms with van der Waals surface area (Å²) in [4.78, 5) is 4.01. The summed E-state index contributed by atoms with van der Waals surface area (Å²) >= 11 is 0. The molecular weight excluding hydrogens is 192 g/mol. The smallest absolute Gasteiger partial charge is 0.166 e. The molecule has 0 aliphatic carbocycles. The lowest BCUT2D eigenvalue weighted by atomic mass is 10.3. The van der Waals surface area contributed by atoms with Crippen molar-refractivity contribution in [2.24, 2.45) is 0 Å². The Labute approximate surface area is 88.9 Å². The second-order valence-electron chi connectivity index (χ2n) is 3.50. The van der Waals surface area contributed by atoms with Gasteiger partial charge in [0.15, 0.2) is 6.23 Å². The first-order chi connectivity index (χ1) is 7.25. The molecule has 1 aliphatic rings. The van der Waals surface area contributed by atoms with Gasteiger partial charge in [-0.2, -0.15) is 0 Å². The number of ether oxygens (including phenoxy) is 2. The van der Waals surface area contributed by atoms with Crippen LogP contribution >= 0.6 is 0 Å². The van der Waals surface area contributed by atoms with Gasteiger partial charge in [0.1, 0.15) is 18.6 Å². The Bertz CT molecular complexity index is 377. The molecule has 1 aliphatic heterocycles. The van der Waals surface area contributed by atoms with Crippen LogP contribution in [-0.4, -0.2) is 17.8 Å². The largest absolute Gasteiger partial charge is 0.485 e. The van der Waals surface area contributed by atoms with Crippen LogP contribution in [0, 0.1) is 6.92 Å². The minimum Gasteiger partial charge on any atom is -0.485 e. The van der Waals surface area contributed by atoms with Gasteiger partial charge in [-0.3, -0.25) is 4.98 Å². The summed E-state index contributed by atoms with van der Waals surface area (Å²) in [6, 6.07) is 1.92. The Morgan fingerprint density at radius 2 is 2.47 bits per heavy atom. The highest BCUT2D eigenvalue weighted by molar-refractivity contribution is 5.28. The Hall–Kier alpha value is -1.71. The number of hydrogen-bond acceptors (Lipinski definition) is 4. The average molecular weight is 206 g/mol. The number of pyridine rings is 1. The molecule has 80 valence electrons. The molecule has 0 radical (unpaired) electrons. The summed E-state index contributed by atoms with van der Waals surface area (Å²) < 4.78 is 10.8. The topological polar surface area (TPSA) is 43.4 Å². The minimum atomic E-state index is 0.0404. The van der Waals surface area contributed by atoms with Gasteiger partial charge < -0.3 is 14.8 Å². The molecule has 0 saturated heterocycles. The average Bonchev–Trinajstić information content (AvgIpc) is 2.63. The van der Waals surface area contributed by atoms with E-state index in [0.29, 0.717) is 6.61 Å². The van der Waals surface area contributed by atoms with E-state index in [2.05, 4.69) is 10.3 Å². The molecule has 2 heterocycles. The molecule has 1 aromatic heterocycles. The second-order valence-corrected chi connectivity index (χ2v) is 3.50. The normalized spacial score (nSPS) is 19.1. The summed E-state index contributed by atoms with van der Waals surface area (Å²) in [5.41, 5.74) is 2.03. The Morgan fingerprint density at radius 3 is 3.13 bits per heavy atom. The van der Waals surface area contributed by atoms with Crippen LogP contribution in [0.25, 0.3) is 0 Å². The van der Waals surface area contributed by atoms with Crippen molar-refractivity contribution < 1.29 is 9.47 Å². The van der Waals surface area contributed by atoms with Gasteiger partial charge in [0.05, 0.1) is 11.9 Å². The van der Waals surface area contributed by atoms with E-state index in [1.54, 1.807) is 18.7 Å². The first-order valence-corrected chi connectivity index (χ1v) is 4.90. The van der Waals surface area contributed by atoms with E-state index in [1.807, 2.05) is 19.9 Å². The highest BCUT2D eigenvalue weighted by atomic mass is 16.5. The summed E-state index contributed by atoms with van der Waals surface area (Å²) in [6.07, 6.45) is 5.20. The second kappa shape index (κ2) is 4.21. The first kappa shape index (κ1) is 9.83. The van der Waals surface area contributed by atoms with Crippen molar-refractivity contribution in [3.63, 3.8) is 0 Å². The third-order valence-corrected chi connectivity index (χ3v) is 2.18. The zero-order valence-corrected chi connectivity index (χ0v) is 8.86. The molecule has 15 heavy (non-hydrogen) atoms. The standard InChI is InChI=1S/C11H14N2O2/c1-8-3-4-12-5-11(8)15-7-10-6-14-9(2)13-10/h3-6,9,13H,7H2,1-2H3. The van der Waals surface area contributed by atoms with Gasteiger partial charge in [-0.15, -0.1) is 0 Å². The molecule has 2 rings (SSSR count). The van der Waals surface area contributed by atoms with Gasteiger partial charge in [0.25, 0.3) is 0 Å². The molecule has 1 atom stereocenters. The molecule has 1 N–H and O–H groups in total. The number of nitrogens with zero attached hydrogens (tertiary/aromatic N) is 1. The fourth-order valence-corrected chi connectivity index (χ4v) is 1.35. The van der Waals surface area contributed by atoms with Crippen LogP contribution in [-0.2, 0) is 4.74 Å². The molecule has 1 aromatic rings. The number of aromatic nitrogens is 1. The number of aryl methyl sites for hydroxylation is 1. The quantitative estimate of drug-likeness (QED) is 0.815. The van der Waals surface area contributed by atoms with E-state index >= 15 is 0 Å². The molecule has 4 heteroatoms. The molecule has 0 fully saturated rings. The lowest BCUT2D eigenvalue weighted by Gasteiger charge is -2.09. The lowest BCUT2D eigenvalue weighted by molar-refractivity contribution is 0.170. The van der Waals surface area contributed by atoms with E-state index in [1.165, 1.54) is 0 Å². The Balaban J connectivity index is 1.91. The summed E-state index contributed by atoms with van der Waals surface area (Å²) in [5.74, 6) is 0.805. The fourth-order valence-electron chi connectivity index (χ4n) is 1.35. The molecule has 0 bridgehead atoms. The van der Waals surface area contributed by atoms with Crippen LogP contribution in [0.1, 0.15) is 12.5 Å². The third-order valence-electron chi connectivity index (χ3n) is 2.18. The van der Waals surface area contributed by atoms with Gasteiger partial charge in [-0.05, 0) is 25.5 Å². The van der Waals surface area contributed by atoms with E-state index in [0.717, 1.165) is 17.0 Å². The number of nitrogens with one attached hydrogen (secondary N) is 1. The highest BCUT2D eigenvalue weighted by Gasteiger charge is 2.12. The van der Waals surface area contributed by atoms with E-state index in [9.17, 15) is 0 Å². The van der Waals surface area contributed by atoms with Crippen LogP contribution in [0.3, 0.4) is 0 Å². The zero-order valence-electron chi connectivity index (χ0n) is 8.86. The Kier molecular flexibility index (Phi) is 2.76. The van der Waals surface area contributed by atoms with Gasteiger partial charge in [0.2, 0.25) is 0 Å². The zero-order chi connectivity index (χ0) is 10.7. The maximum atomic E-state index is 5.60. The van der Waals surface area contributed by atoms with Gasteiger partial charge in [-0.1, -0.05) is 0 Å². The summed E-state index contributed by atoms with van der Waals surface area (Å²) in [6.45, 7) is 4.42. The highest BCUT2D eigenvalue weighted by Crippen LogP contribution is 2.15. The van der Waals surface area contributed by atoms with Gasteiger partial charge in [0, 0.05) is 6.20 Å². The maximum Gasteiger partial charge on any atom is 0.166 e. The van der Waals surface area contributed by atoms with Gasteiger partial charge >= 0.3 is 0 Å². The van der Waals surface area contributed by atoms with Crippen LogP contribution in [0.5, 0.6) is 5.75 Å². The molecule has 0 aromatic carbocycles. The predicted octanol–water partition coefficient (Wildman–Crippen LogP) is 1.58. The van der Waals surface area contributed by atoms with Crippen molar-refractivity contribution in [1.82, 2.24) is 10.3 Å². The van der Waals surface area contributed by atoms with Gasteiger partial charge in [-0.25, -0.2) is 0 Å².